The number of hydrogen-bond donors (Lipinski definition) is 0. The Kier molecular flexibility index (Phi) is 6.67. The molecule has 0 aliphatic carbocycles. The van der Waals surface area contributed by atoms with E-state index in [1.54, 1.807) is 12.1 Å². The first-order valence-corrected chi connectivity index (χ1v) is 12.0. The average Bonchev–Trinajstić information content (AvgIpc) is 3.09. The van der Waals surface area contributed by atoms with Gasteiger partial charge in [0.25, 0.3) is 5.91 Å². The van der Waals surface area contributed by atoms with Gasteiger partial charge < -0.3 is 9.47 Å². The van der Waals surface area contributed by atoms with Crippen LogP contribution in [0.3, 0.4) is 0 Å². The molecule has 31 heavy (non-hydrogen) atoms. The highest BCUT2D eigenvalue weighted by Crippen LogP contribution is 2.27. The van der Waals surface area contributed by atoms with Gasteiger partial charge in [0.05, 0.1) is 21.7 Å². The first-order valence-electron chi connectivity index (χ1n) is 10.00. The van der Waals surface area contributed by atoms with Gasteiger partial charge in [0.1, 0.15) is 5.82 Å². The summed E-state index contributed by atoms with van der Waals surface area (Å²) in [6, 6.07) is 12.5. The summed E-state index contributed by atoms with van der Waals surface area (Å²) >= 11 is 2.53. The number of fused-ring (bicyclic) bond motifs is 2. The molecule has 3 aromatic rings. The topological polar surface area (TPSA) is 54.7 Å². The molecule has 1 aromatic heterocycles. The Morgan fingerprint density at radius 1 is 1.23 bits per heavy atom. The highest BCUT2D eigenvalue weighted by Gasteiger charge is 2.22. The van der Waals surface area contributed by atoms with Crippen molar-refractivity contribution in [3.63, 3.8) is 0 Å². The maximum atomic E-state index is 13.6. The predicted molar refractivity (Wildman–Crippen MR) is 125 cm³/mol. The Morgan fingerprint density at radius 2 is 2.06 bits per heavy atom. The summed E-state index contributed by atoms with van der Waals surface area (Å²) in [4.78, 5) is 31.7. The standard InChI is InChI=1S/C23H22FN3O2S2/c1-2-11-27-19-10-9-17(24)13-20(19)31-23(27)25-21(28)14-30-15-22(29)26-12-5-7-16-6-3-4-8-18(16)26/h2-4,6,8-10,13H,1,5,7,11-12,14-15H2. The predicted octanol–water partition coefficient (Wildman–Crippen LogP) is 4.17. The molecule has 4 rings (SSSR count). The lowest BCUT2D eigenvalue weighted by Crippen LogP contribution is -2.36. The van der Waals surface area contributed by atoms with Crippen molar-refractivity contribution in [2.24, 2.45) is 4.99 Å². The van der Waals surface area contributed by atoms with Crippen LogP contribution in [-0.4, -0.2) is 34.4 Å². The molecule has 0 N–H and O–H groups in total. The molecule has 0 spiro atoms. The van der Waals surface area contributed by atoms with Gasteiger partial charge in [-0.3, -0.25) is 9.59 Å². The van der Waals surface area contributed by atoms with Crippen LogP contribution in [-0.2, 0) is 22.6 Å². The van der Waals surface area contributed by atoms with Crippen molar-refractivity contribution < 1.29 is 14.0 Å². The Labute approximate surface area is 187 Å². The number of para-hydroxylation sites is 1. The highest BCUT2D eigenvalue weighted by atomic mass is 32.2. The van der Waals surface area contributed by atoms with E-state index in [-0.39, 0.29) is 29.1 Å². The van der Waals surface area contributed by atoms with Gasteiger partial charge in [-0.2, -0.15) is 4.99 Å². The van der Waals surface area contributed by atoms with E-state index in [0.29, 0.717) is 17.9 Å². The van der Waals surface area contributed by atoms with Crippen LogP contribution in [0.4, 0.5) is 10.1 Å². The third-order valence-electron chi connectivity index (χ3n) is 5.04. The summed E-state index contributed by atoms with van der Waals surface area (Å²) in [7, 11) is 0. The molecule has 0 saturated heterocycles. The minimum Gasteiger partial charge on any atom is -0.313 e. The number of aryl methyl sites for hydroxylation is 1. The number of thioether (sulfide) groups is 1. The molecule has 160 valence electrons. The van der Waals surface area contributed by atoms with Crippen molar-refractivity contribution in [3.8, 4) is 0 Å². The molecule has 2 amide bonds. The summed E-state index contributed by atoms with van der Waals surface area (Å²) in [6.07, 6.45) is 3.63. The van der Waals surface area contributed by atoms with E-state index in [9.17, 15) is 14.0 Å². The number of allylic oxidation sites excluding steroid dienone is 1. The van der Waals surface area contributed by atoms with E-state index >= 15 is 0 Å². The maximum absolute atomic E-state index is 13.6. The molecule has 2 heterocycles. The van der Waals surface area contributed by atoms with Crippen LogP contribution < -0.4 is 9.70 Å². The maximum Gasteiger partial charge on any atom is 0.258 e. The minimum absolute atomic E-state index is 0.00371. The highest BCUT2D eigenvalue weighted by molar-refractivity contribution is 8.00. The number of nitrogens with zero attached hydrogens (tertiary/aromatic N) is 3. The molecular formula is C23H22FN3O2S2. The van der Waals surface area contributed by atoms with E-state index in [1.807, 2.05) is 27.7 Å². The second-order valence-electron chi connectivity index (χ2n) is 7.17. The lowest BCUT2D eigenvalue weighted by molar-refractivity contribution is -0.116. The fourth-order valence-electron chi connectivity index (χ4n) is 3.67. The quantitative estimate of drug-likeness (QED) is 0.525. The van der Waals surface area contributed by atoms with Gasteiger partial charge in [0.15, 0.2) is 4.80 Å². The number of amides is 2. The summed E-state index contributed by atoms with van der Waals surface area (Å²) < 4.78 is 16.1. The fraction of sp³-hybridized carbons (Fsp3) is 0.261. The zero-order valence-electron chi connectivity index (χ0n) is 16.9. The van der Waals surface area contributed by atoms with Gasteiger partial charge in [-0.1, -0.05) is 35.6 Å². The van der Waals surface area contributed by atoms with Crippen LogP contribution in [0, 0.1) is 5.82 Å². The molecule has 0 bridgehead atoms. The molecule has 0 unspecified atom stereocenters. The third-order valence-corrected chi connectivity index (χ3v) is 6.98. The first-order chi connectivity index (χ1) is 15.1. The molecular weight excluding hydrogens is 433 g/mol. The number of benzene rings is 2. The fourth-order valence-corrected chi connectivity index (χ4v) is 5.43. The number of carbonyl (C=O) groups excluding carboxylic acids is 2. The second kappa shape index (κ2) is 9.62. The molecule has 0 fully saturated rings. The molecule has 1 aliphatic heterocycles. The van der Waals surface area contributed by atoms with Crippen LogP contribution in [0.2, 0.25) is 0 Å². The number of halogens is 1. The third kappa shape index (κ3) is 4.80. The van der Waals surface area contributed by atoms with Gasteiger partial charge >= 0.3 is 0 Å². The Balaban J connectivity index is 1.43. The Bertz CT molecular complexity index is 1210. The minimum atomic E-state index is -0.328. The van der Waals surface area contributed by atoms with Gasteiger partial charge in [-0.25, -0.2) is 4.39 Å². The zero-order chi connectivity index (χ0) is 21.8. The van der Waals surface area contributed by atoms with Gasteiger partial charge in [0.2, 0.25) is 5.91 Å². The van der Waals surface area contributed by atoms with Gasteiger partial charge in [-0.15, -0.1) is 18.3 Å². The van der Waals surface area contributed by atoms with Crippen molar-refractivity contribution in [1.29, 1.82) is 0 Å². The van der Waals surface area contributed by atoms with Crippen LogP contribution >= 0.6 is 23.1 Å². The first kappa shape index (κ1) is 21.5. The SMILES string of the molecule is C=CCn1c(=NC(=O)CSCC(=O)N2CCCc3ccccc32)sc2cc(F)ccc21. The van der Waals surface area contributed by atoms with Crippen molar-refractivity contribution in [1.82, 2.24) is 4.57 Å². The summed E-state index contributed by atoms with van der Waals surface area (Å²) in [5.41, 5.74) is 2.97. The summed E-state index contributed by atoms with van der Waals surface area (Å²) in [5, 5.41) is 0. The smallest absolute Gasteiger partial charge is 0.258 e. The van der Waals surface area contributed by atoms with Crippen LogP contribution in [0.15, 0.2) is 60.1 Å². The number of rotatable bonds is 6. The lowest BCUT2D eigenvalue weighted by Gasteiger charge is -2.29. The van der Waals surface area contributed by atoms with E-state index in [1.165, 1.54) is 40.8 Å². The Hall–Kier alpha value is -2.71. The van der Waals surface area contributed by atoms with E-state index in [2.05, 4.69) is 17.6 Å². The largest absolute Gasteiger partial charge is 0.313 e. The zero-order valence-corrected chi connectivity index (χ0v) is 18.6. The number of anilines is 1. The second-order valence-corrected chi connectivity index (χ2v) is 9.17. The average molecular weight is 456 g/mol. The van der Waals surface area contributed by atoms with E-state index < -0.39 is 0 Å². The number of carbonyl (C=O) groups is 2. The lowest BCUT2D eigenvalue weighted by atomic mass is 10.0. The van der Waals surface area contributed by atoms with E-state index in [4.69, 9.17) is 0 Å². The van der Waals surface area contributed by atoms with Crippen LogP contribution in [0.1, 0.15) is 12.0 Å². The molecule has 0 radical (unpaired) electrons. The number of aromatic nitrogens is 1. The van der Waals surface area contributed by atoms with Crippen LogP contribution in [0.25, 0.3) is 10.2 Å². The monoisotopic (exact) mass is 455 g/mol. The molecule has 1 aliphatic rings. The van der Waals surface area contributed by atoms with Crippen molar-refractivity contribution in [2.45, 2.75) is 19.4 Å². The number of thiazole rings is 1. The molecule has 2 aromatic carbocycles. The number of hydrogen-bond acceptors (Lipinski definition) is 4. The molecule has 0 saturated carbocycles. The van der Waals surface area contributed by atoms with Crippen molar-refractivity contribution in [3.05, 3.63) is 71.3 Å². The van der Waals surface area contributed by atoms with Crippen LogP contribution in [0.5, 0.6) is 0 Å². The molecule has 8 heteroatoms. The van der Waals surface area contributed by atoms with E-state index in [0.717, 1.165) is 28.7 Å². The molecule has 5 nitrogen and oxygen atoms in total. The van der Waals surface area contributed by atoms with Gasteiger partial charge in [0, 0.05) is 18.8 Å². The normalized spacial score (nSPS) is 14.0. The molecule has 0 atom stereocenters. The van der Waals surface area contributed by atoms with Gasteiger partial charge in [-0.05, 0) is 42.7 Å². The summed E-state index contributed by atoms with van der Waals surface area (Å²) in [6.45, 7) is 4.92. The van der Waals surface area contributed by atoms with Crippen molar-refractivity contribution >= 4 is 50.8 Å². The summed E-state index contributed by atoms with van der Waals surface area (Å²) in [5.74, 6) is -0.311. The van der Waals surface area contributed by atoms with Crippen molar-refractivity contribution in [2.75, 3.05) is 23.0 Å². The Morgan fingerprint density at radius 3 is 2.90 bits per heavy atom.